The molecule has 3 aromatic carbocycles. The lowest BCUT2D eigenvalue weighted by atomic mass is 9.98. The second-order valence-corrected chi connectivity index (χ2v) is 8.00. The topological polar surface area (TPSA) is 74.6 Å². The summed E-state index contributed by atoms with van der Waals surface area (Å²) in [5.74, 6) is -12.1. The quantitative estimate of drug-likeness (QED) is 0.181. The number of nitrogens with zero attached hydrogens (tertiary/aromatic N) is 1. The molecule has 1 heterocycles. The van der Waals surface area contributed by atoms with Gasteiger partial charge < -0.3 is 9.47 Å². The van der Waals surface area contributed by atoms with Gasteiger partial charge in [0.15, 0.2) is 23.3 Å². The number of benzene rings is 3. The molecule has 0 radical (unpaired) electrons. The monoisotopic (exact) mass is 553 g/mol. The van der Waals surface area contributed by atoms with Crippen molar-refractivity contribution in [2.24, 2.45) is 0 Å². The minimum atomic E-state index is -5.79. The van der Waals surface area contributed by atoms with Crippen LogP contribution in [0.1, 0.15) is 26.3 Å². The summed E-state index contributed by atoms with van der Waals surface area (Å²) >= 11 is 0. The van der Waals surface area contributed by atoms with Gasteiger partial charge in [-0.15, -0.1) is 0 Å². The predicted molar refractivity (Wildman–Crippen MR) is 122 cm³/mol. The van der Waals surface area contributed by atoms with E-state index in [9.17, 15) is 45.1 Å². The van der Waals surface area contributed by atoms with Crippen molar-refractivity contribution >= 4 is 22.8 Å². The van der Waals surface area contributed by atoms with Crippen molar-refractivity contribution in [1.29, 1.82) is 0 Å². The molecular weight excluding hydrogens is 539 g/mol. The van der Waals surface area contributed by atoms with E-state index in [1.165, 1.54) is 36.4 Å². The number of hydrogen-bond donors (Lipinski definition) is 0. The highest BCUT2D eigenvalue weighted by molar-refractivity contribution is 6.00. The molecule has 0 unspecified atom stereocenters. The second kappa shape index (κ2) is 9.89. The third kappa shape index (κ3) is 4.60. The molecule has 0 spiro atoms. The normalized spacial score (nSPS) is 11.5. The van der Waals surface area contributed by atoms with Crippen molar-refractivity contribution in [2.75, 3.05) is 14.2 Å². The first-order valence-electron chi connectivity index (χ1n) is 10.7. The zero-order chi connectivity index (χ0) is 28.8. The maximum atomic E-state index is 15.0. The van der Waals surface area contributed by atoms with Crippen LogP contribution in [0.3, 0.4) is 0 Å². The maximum Gasteiger partial charge on any atom is 0.422 e. The maximum absolute atomic E-state index is 15.0. The smallest absolute Gasteiger partial charge is 0.422 e. The van der Waals surface area contributed by atoms with Crippen molar-refractivity contribution in [1.82, 2.24) is 4.57 Å². The molecule has 4 aromatic rings. The van der Waals surface area contributed by atoms with Crippen LogP contribution in [0.4, 0.5) is 30.7 Å². The van der Waals surface area contributed by atoms with E-state index < -0.39 is 63.7 Å². The molecule has 39 heavy (non-hydrogen) atoms. The van der Waals surface area contributed by atoms with Gasteiger partial charge in [-0.3, -0.25) is 9.36 Å². The molecule has 0 N–H and O–H groups in total. The Hall–Kier alpha value is -4.68. The number of carbonyl (C=O) groups excluding carboxylic acids is 2. The summed E-state index contributed by atoms with van der Waals surface area (Å²) in [7, 11) is 2.17. The van der Waals surface area contributed by atoms with Gasteiger partial charge in [0.05, 0.1) is 30.9 Å². The van der Waals surface area contributed by atoms with Crippen LogP contribution >= 0.6 is 0 Å². The fourth-order valence-electron chi connectivity index (χ4n) is 4.01. The first kappa shape index (κ1) is 27.4. The Balaban J connectivity index is 2.11. The van der Waals surface area contributed by atoms with Gasteiger partial charge in [-0.2, -0.15) is 13.2 Å². The Kier molecular flexibility index (Phi) is 6.94. The fraction of sp³-hybridized carbons (Fsp3) is 0.115. The molecule has 202 valence electrons. The first-order valence-corrected chi connectivity index (χ1v) is 10.7. The third-order valence-corrected chi connectivity index (χ3v) is 5.80. The molecular formula is C26H14F7NO5. The number of rotatable bonds is 4. The van der Waals surface area contributed by atoms with Crippen LogP contribution in [0.5, 0.6) is 0 Å². The number of aromatic nitrogens is 1. The number of alkyl halides is 3. The summed E-state index contributed by atoms with van der Waals surface area (Å²) in [6, 6.07) is 9.68. The van der Waals surface area contributed by atoms with E-state index in [0.717, 1.165) is 26.4 Å². The van der Waals surface area contributed by atoms with Gasteiger partial charge in [-0.05, 0) is 35.4 Å². The van der Waals surface area contributed by atoms with E-state index in [-0.39, 0.29) is 32.2 Å². The minimum Gasteiger partial charge on any atom is -0.465 e. The SMILES string of the molecule is COC(=O)c1ccc(-c2cc(=O)n(-c3c(F)c(F)c(C(F)(F)F)c(F)c3F)c3cc(C(=O)OC)ccc23)cc1. The van der Waals surface area contributed by atoms with Crippen LogP contribution in [0, 0.1) is 23.3 Å². The number of halogens is 7. The average Bonchev–Trinajstić information content (AvgIpc) is 2.91. The van der Waals surface area contributed by atoms with Gasteiger partial charge in [0.2, 0.25) is 0 Å². The Labute approximate surface area is 213 Å². The highest BCUT2D eigenvalue weighted by Gasteiger charge is 2.43. The number of carbonyl (C=O) groups is 2. The third-order valence-electron chi connectivity index (χ3n) is 5.80. The summed E-state index contributed by atoms with van der Waals surface area (Å²) in [6.07, 6.45) is -5.79. The highest BCUT2D eigenvalue weighted by Crippen LogP contribution is 2.39. The van der Waals surface area contributed by atoms with Gasteiger partial charge in [-0.1, -0.05) is 18.2 Å². The molecule has 1 aromatic heterocycles. The van der Waals surface area contributed by atoms with E-state index in [1.807, 2.05) is 0 Å². The second-order valence-electron chi connectivity index (χ2n) is 8.00. The van der Waals surface area contributed by atoms with Gasteiger partial charge >= 0.3 is 18.1 Å². The number of hydrogen-bond acceptors (Lipinski definition) is 5. The standard InChI is InChI=1S/C26H14F7NO5/c1-38-24(36)12-5-3-11(4-6-12)15-10-17(35)34(16-9-13(25(37)39-2)7-8-14(15)16)23-21(29)19(27)18(26(31,32)33)20(28)22(23)30/h3-10H,1-2H3. The van der Waals surface area contributed by atoms with Crippen LogP contribution in [-0.4, -0.2) is 30.7 Å². The Morgan fingerprint density at radius 2 is 1.26 bits per heavy atom. The summed E-state index contributed by atoms with van der Waals surface area (Å²) in [5, 5.41) is -0.00687. The summed E-state index contributed by atoms with van der Waals surface area (Å²) in [5.41, 5.74) is -6.11. The first-order chi connectivity index (χ1) is 18.3. The van der Waals surface area contributed by atoms with Crippen LogP contribution in [0.2, 0.25) is 0 Å². The lowest BCUT2D eigenvalue weighted by Crippen LogP contribution is -2.24. The van der Waals surface area contributed by atoms with Gasteiger partial charge in [0.1, 0.15) is 11.3 Å². The minimum absolute atomic E-state index is 0.00687. The van der Waals surface area contributed by atoms with Gasteiger partial charge in [-0.25, -0.2) is 27.2 Å². The zero-order valence-electron chi connectivity index (χ0n) is 19.8. The molecule has 0 aliphatic rings. The van der Waals surface area contributed by atoms with Crippen molar-refractivity contribution < 1.29 is 49.8 Å². The number of esters is 2. The molecule has 0 saturated carbocycles. The van der Waals surface area contributed by atoms with Crippen LogP contribution in [-0.2, 0) is 15.7 Å². The lowest BCUT2D eigenvalue weighted by molar-refractivity contribution is -0.143. The Bertz CT molecular complexity index is 1680. The van der Waals surface area contributed by atoms with E-state index in [1.54, 1.807) is 0 Å². The molecule has 6 nitrogen and oxygen atoms in total. The molecule has 0 bridgehead atoms. The number of ether oxygens (including phenoxy) is 2. The number of methoxy groups -OCH3 is 2. The molecule has 0 aliphatic heterocycles. The zero-order valence-corrected chi connectivity index (χ0v) is 19.8. The fourth-order valence-corrected chi connectivity index (χ4v) is 4.01. The molecule has 0 saturated heterocycles. The largest absolute Gasteiger partial charge is 0.465 e. The van der Waals surface area contributed by atoms with Gasteiger partial charge in [0.25, 0.3) is 5.56 Å². The highest BCUT2D eigenvalue weighted by atomic mass is 19.4. The van der Waals surface area contributed by atoms with E-state index in [2.05, 4.69) is 9.47 Å². The summed E-state index contributed by atoms with van der Waals surface area (Å²) in [4.78, 5) is 37.0. The predicted octanol–water partition coefficient (Wildman–Crippen LogP) is 5.81. The lowest BCUT2D eigenvalue weighted by Gasteiger charge is -2.18. The number of pyridine rings is 1. The van der Waals surface area contributed by atoms with E-state index in [0.29, 0.717) is 0 Å². The number of fused-ring (bicyclic) bond motifs is 1. The average molecular weight is 553 g/mol. The van der Waals surface area contributed by atoms with E-state index >= 15 is 0 Å². The van der Waals surface area contributed by atoms with Crippen molar-refractivity contribution in [3.63, 3.8) is 0 Å². The van der Waals surface area contributed by atoms with Crippen molar-refractivity contribution in [3.8, 4) is 16.8 Å². The van der Waals surface area contributed by atoms with Crippen LogP contribution in [0.25, 0.3) is 27.7 Å². The molecule has 0 aliphatic carbocycles. The molecule has 0 atom stereocenters. The molecule has 13 heteroatoms. The molecule has 4 rings (SSSR count). The Morgan fingerprint density at radius 1 is 0.744 bits per heavy atom. The van der Waals surface area contributed by atoms with Crippen molar-refractivity contribution in [2.45, 2.75) is 6.18 Å². The van der Waals surface area contributed by atoms with Crippen molar-refractivity contribution in [3.05, 3.63) is 98.8 Å². The van der Waals surface area contributed by atoms with Crippen LogP contribution < -0.4 is 5.56 Å². The summed E-state index contributed by atoms with van der Waals surface area (Å²) < 4.78 is 107. The van der Waals surface area contributed by atoms with E-state index in [4.69, 9.17) is 0 Å². The van der Waals surface area contributed by atoms with Crippen LogP contribution in [0.15, 0.2) is 53.3 Å². The summed E-state index contributed by atoms with van der Waals surface area (Å²) in [6.45, 7) is 0. The Morgan fingerprint density at radius 3 is 1.77 bits per heavy atom. The van der Waals surface area contributed by atoms with Gasteiger partial charge in [0, 0.05) is 11.5 Å². The molecule has 0 fully saturated rings. The molecule has 0 amide bonds.